The zero-order valence-electron chi connectivity index (χ0n) is 9.95. The molecule has 0 aliphatic rings. The molecule has 0 radical (unpaired) electrons. The molecule has 5 nitrogen and oxygen atoms in total. The van der Waals surface area contributed by atoms with E-state index in [1.54, 1.807) is 18.5 Å². The maximum Gasteiger partial charge on any atom is 2.00 e. The van der Waals surface area contributed by atoms with Crippen LogP contribution in [-0.2, 0) is 21.1 Å². The van der Waals surface area contributed by atoms with E-state index in [1.807, 2.05) is 24.3 Å². The van der Waals surface area contributed by atoms with Gasteiger partial charge in [0.25, 0.3) is 0 Å². The molecular weight excluding hydrogens is 447 g/mol. The number of fused-ring (bicyclic) bond motifs is 3. The molecule has 0 bridgehead atoms. The predicted octanol–water partition coefficient (Wildman–Crippen LogP) is -0.818. The first kappa shape index (κ1) is 20.1. The zero-order valence-corrected chi connectivity index (χ0v) is 13.0. The largest absolute Gasteiger partial charge is 2.00 e. The molecule has 0 aliphatic heterocycles. The minimum absolute atomic E-state index is 0. The van der Waals surface area contributed by atoms with Crippen molar-refractivity contribution >= 4 is 21.7 Å². The summed E-state index contributed by atoms with van der Waals surface area (Å²) < 4.78 is 0. The first-order valence-electron chi connectivity index (χ1n) is 4.66. The predicted molar refractivity (Wildman–Crippen MR) is 66.5 cm³/mol. The summed E-state index contributed by atoms with van der Waals surface area (Å²) in [6, 6.07) is 9.37. The third kappa shape index (κ3) is 3.39. The Hall–Kier alpha value is -1.26. The van der Waals surface area contributed by atoms with E-state index in [1.165, 1.54) is 0 Å². The van der Waals surface area contributed by atoms with E-state index in [0.717, 1.165) is 10.8 Å². The van der Waals surface area contributed by atoms with Gasteiger partial charge in [-0.3, -0.25) is 9.97 Å². The number of aromatic nitrogens is 2. The average Bonchev–Trinajstić information content (AvgIpc) is 2.30. The molecule has 6 N–H and O–H groups in total. The van der Waals surface area contributed by atoms with Crippen molar-refractivity contribution in [3.05, 3.63) is 42.7 Å². The van der Waals surface area contributed by atoms with Gasteiger partial charge in [-0.1, -0.05) is 24.3 Å². The van der Waals surface area contributed by atoms with Crippen LogP contribution in [-0.4, -0.2) is 9.97 Å². The topological polar surface area (TPSA) is 119 Å². The molecule has 1 aromatic carbocycles. The Labute approximate surface area is 131 Å². The Balaban J connectivity index is 0. The van der Waals surface area contributed by atoms with E-state index in [4.69, 9.17) is 0 Å². The van der Waals surface area contributed by atoms with Crippen LogP contribution in [0.4, 0.5) is 0 Å². The van der Waals surface area contributed by atoms with Gasteiger partial charge in [-0.05, 0) is 22.7 Å². The van der Waals surface area contributed by atoms with Gasteiger partial charge in [-0.15, -0.1) is 0 Å². The van der Waals surface area contributed by atoms with Gasteiger partial charge < -0.3 is 29.8 Å². The minimum Gasteiger partial charge on any atom is -1.00 e. The molecule has 0 saturated carbocycles. The molecule has 0 amide bonds. The number of pyridine rings is 2. The quantitative estimate of drug-likeness (QED) is 0.426. The molecule has 2 heterocycles. The zero-order chi connectivity index (χ0) is 10.3. The van der Waals surface area contributed by atoms with Crippen LogP contribution in [0.25, 0.3) is 21.7 Å². The maximum atomic E-state index is 11.7. The number of halogens is 1. The van der Waals surface area contributed by atoms with Crippen LogP contribution < -0.4 is 29.8 Å². The Morgan fingerprint density at radius 3 is 2.21 bits per heavy atom. The van der Waals surface area contributed by atoms with Crippen molar-refractivity contribution in [3.8, 4) is 5.88 Å². The number of rotatable bonds is 0. The summed E-state index contributed by atoms with van der Waals surface area (Å²) >= 11 is 0. The number of benzene rings is 1. The molecule has 0 atom stereocenters. The normalized spacial score (nSPS) is 8.63. The molecule has 0 spiro atoms. The molecule has 2 aromatic heterocycles. The molecule has 0 fully saturated rings. The van der Waals surface area contributed by atoms with Crippen molar-refractivity contribution in [2.45, 2.75) is 0 Å². The monoisotopic (exact) mass is 459 g/mol. The van der Waals surface area contributed by atoms with Crippen molar-refractivity contribution in [2.75, 3.05) is 0 Å². The number of hydrogen-bond acceptors (Lipinski definition) is 5. The van der Waals surface area contributed by atoms with Crippen molar-refractivity contribution < 1.29 is 38.6 Å². The second-order valence-electron chi connectivity index (χ2n) is 3.36. The van der Waals surface area contributed by atoms with Crippen LogP contribution in [0.5, 0.6) is 5.88 Å². The molecule has 19 heavy (non-hydrogen) atoms. The summed E-state index contributed by atoms with van der Waals surface area (Å²) in [6.07, 6.45) is 3.32. The van der Waals surface area contributed by atoms with Gasteiger partial charge in [0.15, 0.2) is 0 Å². The van der Waals surface area contributed by atoms with Crippen LogP contribution in [0, 0.1) is 0 Å². The van der Waals surface area contributed by atoms with E-state index in [-0.39, 0.29) is 51.7 Å². The van der Waals surface area contributed by atoms with Gasteiger partial charge >= 0.3 is 21.1 Å². The van der Waals surface area contributed by atoms with Crippen LogP contribution in [0.3, 0.4) is 0 Å². The van der Waals surface area contributed by atoms with Crippen LogP contribution >= 0.6 is 0 Å². The fraction of sp³-hybridized carbons (Fsp3) is 0. The van der Waals surface area contributed by atoms with Crippen LogP contribution in [0.15, 0.2) is 42.7 Å². The first-order valence-corrected chi connectivity index (χ1v) is 4.66. The molecular formula is C12H13ClN4OPt. The summed E-state index contributed by atoms with van der Waals surface area (Å²) in [5.41, 5.74) is 0.654. The van der Waals surface area contributed by atoms with Gasteiger partial charge in [-0.2, -0.15) is 0 Å². The van der Waals surface area contributed by atoms with Crippen molar-refractivity contribution in [1.82, 2.24) is 22.3 Å². The summed E-state index contributed by atoms with van der Waals surface area (Å²) in [4.78, 5) is 7.95. The molecule has 104 valence electrons. The van der Waals surface area contributed by atoms with Crippen molar-refractivity contribution in [2.24, 2.45) is 0 Å². The maximum absolute atomic E-state index is 11.7. The Morgan fingerprint density at radius 2 is 1.53 bits per heavy atom. The van der Waals surface area contributed by atoms with Crippen LogP contribution in [0.1, 0.15) is 0 Å². The second-order valence-corrected chi connectivity index (χ2v) is 3.36. The minimum atomic E-state index is -0.189. The summed E-state index contributed by atoms with van der Waals surface area (Å²) in [7, 11) is 0. The Morgan fingerprint density at radius 1 is 0.895 bits per heavy atom. The van der Waals surface area contributed by atoms with Crippen LogP contribution in [0.2, 0.25) is 0 Å². The molecule has 3 rings (SSSR count). The fourth-order valence-electron chi connectivity index (χ4n) is 1.78. The van der Waals surface area contributed by atoms with E-state index >= 15 is 0 Å². The second kappa shape index (κ2) is 8.02. The molecule has 0 saturated heterocycles. The first-order chi connectivity index (χ1) is 7.36. The molecule has 0 unspecified atom stereocenters. The third-order valence-corrected chi connectivity index (χ3v) is 2.47. The van der Waals surface area contributed by atoms with Gasteiger partial charge in [0.1, 0.15) is 0 Å². The fourth-order valence-corrected chi connectivity index (χ4v) is 1.78. The van der Waals surface area contributed by atoms with Gasteiger partial charge in [-0.25, -0.2) is 0 Å². The number of hydrogen-bond donors (Lipinski definition) is 2. The van der Waals surface area contributed by atoms with Crippen molar-refractivity contribution in [3.63, 3.8) is 0 Å². The summed E-state index contributed by atoms with van der Waals surface area (Å²) in [5, 5.41) is 14.2. The van der Waals surface area contributed by atoms with E-state index in [0.29, 0.717) is 10.9 Å². The standard InChI is InChI=1S/C12H8N2O.ClH.2H3N.Pt/c15-12-10-4-2-1-3-8(10)9-5-6-13-7-11(9)14-12;;;;/h1-7H,(H,14,15);1H;2*1H3;/q;;;;+2/p-2. The summed E-state index contributed by atoms with van der Waals surface area (Å²) in [6.45, 7) is 0. The van der Waals surface area contributed by atoms with Gasteiger partial charge in [0.05, 0.1) is 11.7 Å². The number of nitrogens with zero attached hydrogens (tertiary/aromatic N) is 2. The van der Waals surface area contributed by atoms with E-state index in [2.05, 4.69) is 9.97 Å². The molecule has 0 aliphatic carbocycles. The summed E-state index contributed by atoms with van der Waals surface area (Å²) in [5.74, 6) is -0.189. The average molecular weight is 460 g/mol. The molecule has 3 aromatic rings. The Bertz CT molecular complexity index is 665. The van der Waals surface area contributed by atoms with Crippen molar-refractivity contribution in [1.29, 1.82) is 0 Å². The van der Waals surface area contributed by atoms with E-state index in [9.17, 15) is 5.11 Å². The van der Waals surface area contributed by atoms with E-state index < -0.39 is 0 Å². The molecule has 7 heteroatoms. The van der Waals surface area contributed by atoms with Gasteiger partial charge in [0, 0.05) is 11.6 Å². The Kier molecular flexibility index (Phi) is 8.47. The SMILES string of the molecule is N.N.[Cl-].[O-]c1nc2cnccc2c2ccccc12.[Pt+2]. The van der Waals surface area contributed by atoms with Gasteiger partial charge in [0.2, 0.25) is 0 Å². The third-order valence-electron chi connectivity index (χ3n) is 2.47. The smallest absolute Gasteiger partial charge is 1.00 e.